The summed E-state index contributed by atoms with van der Waals surface area (Å²) in [7, 11) is 0. The fraction of sp³-hybridized carbons (Fsp3) is 0.364. The van der Waals surface area contributed by atoms with E-state index in [1.54, 1.807) is 0 Å². The SMILES string of the molecule is CC.Cc1cc2[nH]c(=O)oc2cc1C. The van der Waals surface area contributed by atoms with E-state index in [2.05, 4.69) is 4.98 Å². The largest absolute Gasteiger partial charge is 0.417 e. The van der Waals surface area contributed by atoms with E-state index in [0.717, 1.165) is 16.6 Å². The zero-order chi connectivity index (χ0) is 10.7. The van der Waals surface area contributed by atoms with Gasteiger partial charge < -0.3 is 4.42 Å². The van der Waals surface area contributed by atoms with Crippen LogP contribution in [0.25, 0.3) is 11.1 Å². The molecular weight excluding hydrogens is 178 g/mol. The summed E-state index contributed by atoms with van der Waals surface area (Å²) in [6, 6.07) is 3.78. The Hall–Kier alpha value is -1.51. The molecule has 0 atom stereocenters. The number of benzene rings is 1. The maximum absolute atomic E-state index is 10.8. The van der Waals surface area contributed by atoms with Crippen LogP contribution in [-0.2, 0) is 0 Å². The number of H-pyrrole nitrogens is 1. The van der Waals surface area contributed by atoms with Gasteiger partial charge in [0, 0.05) is 0 Å². The van der Waals surface area contributed by atoms with Crippen LogP contribution in [0.3, 0.4) is 0 Å². The summed E-state index contributed by atoms with van der Waals surface area (Å²) in [4.78, 5) is 13.4. The zero-order valence-electron chi connectivity index (χ0n) is 8.97. The highest BCUT2D eigenvalue weighted by atomic mass is 16.4. The second-order valence-electron chi connectivity index (χ2n) is 2.95. The average molecular weight is 193 g/mol. The predicted molar refractivity (Wildman–Crippen MR) is 57.7 cm³/mol. The van der Waals surface area contributed by atoms with Crippen molar-refractivity contribution in [2.24, 2.45) is 0 Å². The van der Waals surface area contributed by atoms with Crippen LogP contribution in [0.1, 0.15) is 25.0 Å². The van der Waals surface area contributed by atoms with E-state index in [-0.39, 0.29) is 0 Å². The van der Waals surface area contributed by atoms with E-state index in [4.69, 9.17) is 4.42 Å². The van der Waals surface area contributed by atoms with Crippen LogP contribution in [-0.4, -0.2) is 4.98 Å². The highest BCUT2D eigenvalue weighted by Crippen LogP contribution is 2.15. The van der Waals surface area contributed by atoms with E-state index in [0.29, 0.717) is 5.58 Å². The van der Waals surface area contributed by atoms with E-state index in [9.17, 15) is 4.79 Å². The van der Waals surface area contributed by atoms with Gasteiger partial charge in [0.2, 0.25) is 0 Å². The lowest BCUT2D eigenvalue weighted by atomic mass is 10.1. The molecule has 0 unspecified atom stereocenters. The molecule has 3 heteroatoms. The first-order chi connectivity index (χ1) is 6.66. The number of aromatic nitrogens is 1. The molecular formula is C11H15NO2. The lowest BCUT2D eigenvalue weighted by Gasteiger charge is -1.96. The molecule has 0 aliphatic carbocycles. The van der Waals surface area contributed by atoms with Crippen molar-refractivity contribution < 1.29 is 4.42 Å². The van der Waals surface area contributed by atoms with Gasteiger partial charge in [-0.2, -0.15) is 0 Å². The third kappa shape index (κ3) is 1.87. The quantitative estimate of drug-likeness (QED) is 0.699. The molecule has 14 heavy (non-hydrogen) atoms. The highest BCUT2D eigenvalue weighted by Gasteiger charge is 2.02. The van der Waals surface area contributed by atoms with Crippen molar-refractivity contribution in [3.05, 3.63) is 33.8 Å². The maximum atomic E-state index is 10.8. The molecule has 2 aromatic rings. The summed E-state index contributed by atoms with van der Waals surface area (Å²) in [5.41, 5.74) is 3.68. The van der Waals surface area contributed by atoms with Gasteiger partial charge in [0.25, 0.3) is 0 Å². The summed E-state index contributed by atoms with van der Waals surface area (Å²) in [6.45, 7) is 7.99. The molecule has 0 spiro atoms. The van der Waals surface area contributed by atoms with Gasteiger partial charge in [-0.05, 0) is 37.1 Å². The van der Waals surface area contributed by atoms with Crippen molar-refractivity contribution in [2.45, 2.75) is 27.7 Å². The fourth-order valence-corrected chi connectivity index (χ4v) is 1.21. The number of fused-ring (bicyclic) bond motifs is 1. The van der Waals surface area contributed by atoms with Crippen LogP contribution in [0.2, 0.25) is 0 Å². The molecule has 1 heterocycles. The summed E-state index contributed by atoms with van der Waals surface area (Å²) in [5, 5.41) is 0. The smallest absolute Gasteiger partial charge is 0.408 e. The first-order valence-corrected chi connectivity index (χ1v) is 4.77. The molecule has 0 aliphatic heterocycles. The molecule has 0 amide bonds. The van der Waals surface area contributed by atoms with Gasteiger partial charge in [-0.15, -0.1) is 0 Å². The number of oxazole rings is 1. The normalized spacial score (nSPS) is 9.71. The van der Waals surface area contributed by atoms with Crippen molar-refractivity contribution >= 4 is 11.1 Å². The molecule has 0 aliphatic rings. The minimum Gasteiger partial charge on any atom is -0.408 e. The minimum absolute atomic E-state index is 0.394. The number of hydrogen-bond acceptors (Lipinski definition) is 2. The first-order valence-electron chi connectivity index (χ1n) is 4.77. The summed E-state index contributed by atoms with van der Waals surface area (Å²) in [5.74, 6) is -0.394. The number of rotatable bonds is 0. The predicted octanol–water partition coefficient (Wildman–Crippen LogP) is 2.76. The second-order valence-corrected chi connectivity index (χ2v) is 2.95. The molecule has 0 saturated carbocycles. The molecule has 1 aromatic carbocycles. The van der Waals surface area contributed by atoms with Crippen molar-refractivity contribution in [3.8, 4) is 0 Å². The molecule has 1 aromatic heterocycles. The lowest BCUT2D eigenvalue weighted by Crippen LogP contribution is -1.92. The van der Waals surface area contributed by atoms with Crippen molar-refractivity contribution in [3.63, 3.8) is 0 Å². The monoisotopic (exact) mass is 193 g/mol. The number of hydrogen-bond donors (Lipinski definition) is 1. The number of aromatic amines is 1. The Morgan fingerprint density at radius 2 is 1.71 bits per heavy atom. The maximum Gasteiger partial charge on any atom is 0.417 e. The molecule has 2 rings (SSSR count). The molecule has 0 bridgehead atoms. The Balaban J connectivity index is 0.000000461. The van der Waals surface area contributed by atoms with E-state index in [1.807, 2.05) is 39.8 Å². The third-order valence-corrected chi connectivity index (χ3v) is 2.04. The summed E-state index contributed by atoms with van der Waals surface area (Å²) in [6.07, 6.45) is 0. The standard InChI is InChI=1S/C9H9NO2.C2H6/c1-5-3-7-8(4-6(5)2)12-9(11)10-7;1-2/h3-4H,1-2H3,(H,10,11);1-2H3. The van der Waals surface area contributed by atoms with Gasteiger partial charge in [0.15, 0.2) is 5.58 Å². The van der Waals surface area contributed by atoms with Gasteiger partial charge >= 0.3 is 5.76 Å². The molecule has 0 saturated heterocycles. The van der Waals surface area contributed by atoms with E-state index in [1.165, 1.54) is 0 Å². The number of aryl methyl sites for hydroxylation is 2. The second kappa shape index (κ2) is 4.13. The Labute approximate surface area is 82.8 Å². The topological polar surface area (TPSA) is 46.0 Å². The van der Waals surface area contributed by atoms with Crippen molar-refractivity contribution in [1.82, 2.24) is 4.98 Å². The Kier molecular flexibility index (Phi) is 3.12. The van der Waals surface area contributed by atoms with Crippen molar-refractivity contribution in [2.75, 3.05) is 0 Å². The molecule has 3 nitrogen and oxygen atoms in total. The lowest BCUT2D eigenvalue weighted by molar-refractivity contribution is 0.555. The average Bonchev–Trinajstić information content (AvgIpc) is 2.49. The van der Waals surface area contributed by atoms with Crippen LogP contribution < -0.4 is 5.76 Å². The Morgan fingerprint density at radius 3 is 2.36 bits per heavy atom. The van der Waals surface area contributed by atoms with Crippen LogP contribution in [0.5, 0.6) is 0 Å². The molecule has 0 radical (unpaired) electrons. The first kappa shape index (κ1) is 10.6. The fourth-order valence-electron chi connectivity index (χ4n) is 1.21. The van der Waals surface area contributed by atoms with Crippen molar-refractivity contribution in [1.29, 1.82) is 0 Å². The van der Waals surface area contributed by atoms with Gasteiger partial charge in [0.05, 0.1) is 5.52 Å². The van der Waals surface area contributed by atoms with Gasteiger partial charge in [-0.25, -0.2) is 4.79 Å². The number of nitrogens with one attached hydrogen (secondary N) is 1. The Bertz CT molecular complexity index is 437. The minimum atomic E-state index is -0.394. The summed E-state index contributed by atoms with van der Waals surface area (Å²) >= 11 is 0. The van der Waals surface area contributed by atoms with Gasteiger partial charge in [-0.3, -0.25) is 4.98 Å². The van der Waals surface area contributed by atoms with E-state index >= 15 is 0 Å². The van der Waals surface area contributed by atoms with Crippen LogP contribution in [0, 0.1) is 13.8 Å². The van der Waals surface area contributed by atoms with Crippen LogP contribution in [0.4, 0.5) is 0 Å². The Morgan fingerprint density at radius 1 is 1.14 bits per heavy atom. The molecule has 1 N–H and O–H groups in total. The van der Waals surface area contributed by atoms with Crippen LogP contribution >= 0.6 is 0 Å². The highest BCUT2D eigenvalue weighted by molar-refractivity contribution is 5.74. The molecule has 0 fully saturated rings. The third-order valence-electron chi connectivity index (χ3n) is 2.04. The summed E-state index contributed by atoms with van der Waals surface area (Å²) < 4.78 is 4.89. The van der Waals surface area contributed by atoms with Gasteiger partial charge in [0.1, 0.15) is 0 Å². The van der Waals surface area contributed by atoms with E-state index < -0.39 is 5.76 Å². The van der Waals surface area contributed by atoms with Gasteiger partial charge in [-0.1, -0.05) is 13.8 Å². The van der Waals surface area contributed by atoms with Crippen LogP contribution in [0.15, 0.2) is 21.3 Å². The zero-order valence-corrected chi connectivity index (χ0v) is 8.97. The molecule has 76 valence electrons.